The van der Waals surface area contributed by atoms with Gasteiger partial charge in [0.25, 0.3) is 5.91 Å². The van der Waals surface area contributed by atoms with Crippen LogP contribution in [0.1, 0.15) is 15.9 Å². The smallest absolute Gasteiger partial charge is 0.251 e. The van der Waals surface area contributed by atoms with E-state index in [4.69, 9.17) is 9.47 Å². The minimum absolute atomic E-state index is 0.196. The lowest BCUT2D eigenvalue weighted by molar-refractivity contribution is 0.0950. The summed E-state index contributed by atoms with van der Waals surface area (Å²) in [6.45, 7) is 0.393. The number of nitrogens with zero attached hydrogens (tertiary/aromatic N) is 1. The maximum atomic E-state index is 12.4. The van der Waals surface area contributed by atoms with Crippen LogP contribution in [0.3, 0.4) is 0 Å². The van der Waals surface area contributed by atoms with Crippen molar-refractivity contribution >= 4 is 17.2 Å². The highest BCUT2D eigenvalue weighted by atomic mass is 32.1. The average Bonchev–Trinajstić information content (AvgIpc) is 3.20. The number of hydrogen-bond acceptors (Lipinski definition) is 5. The van der Waals surface area contributed by atoms with E-state index in [9.17, 15) is 4.79 Å². The Morgan fingerprint density at radius 3 is 2.52 bits per heavy atom. The average molecular weight is 354 g/mol. The lowest BCUT2D eigenvalue weighted by Gasteiger charge is -2.09. The third kappa shape index (κ3) is 4.16. The van der Waals surface area contributed by atoms with Crippen molar-refractivity contribution in [3.05, 3.63) is 65.3 Å². The van der Waals surface area contributed by atoms with Crippen LogP contribution in [-0.4, -0.2) is 25.1 Å². The number of rotatable bonds is 6. The molecule has 0 aliphatic carbocycles. The van der Waals surface area contributed by atoms with E-state index in [1.54, 1.807) is 50.0 Å². The first-order valence-corrected chi connectivity index (χ1v) is 8.56. The summed E-state index contributed by atoms with van der Waals surface area (Å²) in [7, 11) is 3.11. The van der Waals surface area contributed by atoms with Crippen molar-refractivity contribution in [1.82, 2.24) is 10.3 Å². The van der Waals surface area contributed by atoms with Crippen LogP contribution >= 0.6 is 11.3 Å². The maximum Gasteiger partial charge on any atom is 0.251 e. The predicted octanol–water partition coefficient (Wildman–Crippen LogP) is 3.76. The number of carbonyl (C=O) groups is 1. The van der Waals surface area contributed by atoms with Crippen molar-refractivity contribution in [2.45, 2.75) is 6.54 Å². The Hall–Kier alpha value is -2.86. The van der Waals surface area contributed by atoms with Gasteiger partial charge in [0.2, 0.25) is 0 Å². The molecule has 2 aromatic heterocycles. The molecule has 0 aliphatic heterocycles. The Labute approximate surface area is 150 Å². The van der Waals surface area contributed by atoms with Crippen LogP contribution < -0.4 is 14.8 Å². The van der Waals surface area contributed by atoms with Crippen molar-refractivity contribution in [3.63, 3.8) is 0 Å². The van der Waals surface area contributed by atoms with Crippen molar-refractivity contribution in [2.75, 3.05) is 14.2 Å². The molecule has 6 heteroatoms. The van der Waals surface area contributed by atoms with Gasteiger partial charge in [-0.3, -0.25) is 9.78 Å². The number of benzene rings is 1. The van der Waals surface area contributed by atoms with Gasteiger partial charge in [0.15, 0.2) is 0 Å². The molecule has 0 radical (unpaired) electrons. The fourth-order valence-electron chi connectivity index (χ4n) is 2.38. The summed E-state index contributed by atoms with van der Waals surface area (Å²) in [5.74, 6) is 0.954. The third-order valence-electron chi connectivity index (χ3n) is 3.67. The first kappa shape index (κ1) is 17.0. The van der Waals surface area contributed by atoms with E-state index in [0.717, 1.165) is 16.0 Å². The molecule has 128 valence electrons. The number of pyridine rings is 1. The summed E-state index contributed by atoms with van der Waals surface area (Å²) >= 11 is 1.66. The molecule has 1 N–H and O–H groups in total. The zero-order chi connectivity index (χ0) is 17.6. The van der Waals surface area contributed by atoms with Gasteiger partial charge in [-0.2, -0.15) is 0 Å². The molecule has 0 aliphatic rings. The van der Waals surface area contributed by atoms with E-state index < -0.39 is 0 Å². The molecule has 3 aromatic rings. The molecule has 0 unspecified atom stereocenters. The van der Waals surface area contributed by atoms with Crippen LogP contribution in [0.5, 0.6) is 11.5 Å². The number of thiophene rings is 1. The van der Waals surface area contributed by atoms with Gasteiger partial charge in [0, 0.05) is 41.0 Å². The first-order valence-electron chi connectivity index (χ1n) is 7.68. The summed E-state index contributed by atoms with van der Waals surface area (Å²) in [6.07, 6.45) is 3.58. The lowest BCUT2D eigenvalue weighted by Crippen LogP contribution is -2.23. The van der Waals surface area contributed by atoms with Crippen LogP contribution in [0.15, 0.2) is 54.2 Å². The van der Waals surface area contributed by atoms with E-state index in [-0.39, 0.29) is 5.91 Å². The monoisotopic (exact) mass is 354 g/mol. The van der Waals surface area contributed by atoms with Crippen molar-refractivity contribution in [1.29, 1.82) is 0 Å². The Kier molecular flexibility index (Phi) is 5.30. The molecule has 2 heterocycles. The van der Waals surface area contributed by atoms with Gasteiger partial charge in [-0.15, -0.1) is 11.3 Å². The second-order valence-corrected chi connectivity index (χ2v) is 6.29. The van der Waals surface area contributed by atoms with Gasteiger partial charge in [0.1, 0.15) is 11.5 Å². The van der Waals surface area contributed by atoms with Crippen molar-refractivity contribution in [3.8, 4) is 21.9 Å². The number of ether oxygens (including phenoxy) is 2. The van der Waals surface area contributed by atoms with Gasteiger partial charge < -0.3 is 14.8 Å². The quantitative estimate of drug-likeness (QED) is 0.732. The van der Waals surface area contributed by atoms with Gasteiger partial charge in [-0.1, -0.05) is 6.07 Å². The molecule has 25 heavy (non-hydrogen) atoms. The van der Waals surface area contributed by atoms with Crippen molar-refractivity contribution in [2.24, 2.45) is 0 Å². The Morgan fingerprint density at radius 1 is 1.12 bits per heavy atom. The van der Waals surface area contributed by atoms with Crippen LogP contribution in [0.25, 0.3) is 10.4 Å². The van der Waals surface area contributed by atoms with Gasteiger partial charge in [0.05, 0.1) is 14.2 Å². The summed E-state index contributed by atoms with van der Waals surface area (Å²) in [6, 6.07) is 11.2. The topological polar surface area (TPSA) is 60.5 Å². The van der Waals surface area contributed by atoms with E-state index in [1.807, 2.05) is 29.8 Å². The number of hydrogen-bond donors (Lipinski definition) is 1. The minimum atomic E-state index is -0.196. The minimum Gasteiger partial charge on any atom is -0.497 e. The van der Waals surface area contributed by atoms with Crippen LogP contribution in [0.4, 0.5) is 0 Å². The number of methoxy groups -OCH3 is 2. The van der Waals surface area contributed by atoms with Crippen LogP contribution in [-0.2, 0) is 6.54 Å². The zero-order valence-electron chi connectivity index (χ0n) is 14.0. The number of carbonyl (C=O) groups excluding carboxylic acids is 1. The fraction of sp³-hybridized carbons (Fsp3) is 0.158. The SMILES string of the molecule is COc1cc(OC)cc(C(=O)NCc2cncc(-c3cccs3)c2)c1. The van der Waals surface area contributed by atoms with Crippen molar-refractivity contribution < 1.29 is 14.3 Å². The highest BCUT2D eigenvalue weighted by Crippen LogP contribution is 2.25. The number of aromatic nitrogens is 1. The molecular weight excluding hydrogens is 336 g/mol. The number of amides is 1. The number of nitrogens with one attached hydrogen (secondary N) is 1. The van der Waals surface area contributed by atoms with E-state index in [0.29, 0.717) is 23.6 Å². The Balaban J connectivity index is 1.71. The highest BCUT2D eigenvalue weighted by Gasteiger charge is 2.10. The van der Waals surface area contributed by atoms with E-state index >= 15 is 0 Å². The van der Waals surface area contributed by atoms with Gasteiger partial charge in [-0.05, 0) is 35.2 Å². The fourth-order valence-corrected chi connectivity index (χ4v) is 3.09. The second-order valence-electron chi connectivity index (χ2n) is 5.34. The zero-order valence-corrected chi connectivity index (χ0v) is 14.8. The molecule has 0 atom stereocenters. The lowest BCUT2D eigenvalue weighted by atomic mass is 10.1. The highest BCUT2D eigenvalue weighted by molar-refractivity contribution is 7.13. The molecular formula is C19H18N2O3S. The third-order valence-corrected chi connectivity index (χ3v) is 4.59. The Bertz CT molecular complexity index is 841. The maximum absolute atomic E-state index is 12.4. The Morgan fingerprint density at radius 2 is 1.88 bits per heavy atom. The molecule has 1 aromatic carbocycles. The molecule has 0 saturated carbocycles. The first-order chi connectivity index (χ1) is 12.2. The summed E-state index contributed by atoms with van der Waals surface area (Å²) in [4.78, 5) is 17.8. The molecule has 0 bridgehead atoms. The summed E-state index contributed by atoms with van der Waals surface area (Å²) in [5, 5.41) is 4.93. The predicted molar refractivity (Wildman–Crippen MR) is 98.3 cm³/mol. The molecule has 0 fully saturated rings. The largest absolute Gasteiger partial charge is 0.497 e. The van der Waals surface area contributed by atoms with Gasteiger partial charge in [-0.25, -0.2) is 0 Å². The van der Waals surface area contributed by atoms with E-state index in [2.05, 4.69) is 10.3 Å². The summed E-state index contributed by atoms with van der Waals surface area (Å²) in [5.41, 5.74) is 2.47. The molecule has 3 rings (SSSR count). The van der Waals surface area contributed by atoms with Gasteiger partial charge >= 0.3 is 0 Å². The molecule has 5 nitrogen and oxygen atoms in total. The van der Waals surface area contributed by atoms with Crippen LogP contribution in [0, 0.1) is 0 Å². The van der Waals surface area contributed by atoms with Crippen LogP contribution in [0.2, 0.25) is 0 Å². The molecule has 1 amide bonds. The summed E-state index contributed by atoms with van der Waals surface area (Å²) < 4.78 is 10.4. The van der Waals surface area contributed by atoms with E-state index in [1.165, 1.54) is 0 Å². The molecule has 0 saturated heterocycles. The normalized spacial score (nSPS) is 10.3. The molecule has 0 spiro atoms. The standard InChI is InChI=1S/C19H18N2O3S/c1-23-16-7-14(8-17(9-16)24-2)19(22)21-11-13-6-15(12-20-10-13)18-4-3-5-25-18/h3-10,12H,11H2,1-2H3,(H,21,22). The second kappa shape index (κ2) is 7.81.